The van der Waals surface area contributed by atoms with Gasteiger partial charge in [-0.05, 0) is 92.8 Å². The molecule has 0 aliphatic heterocycles. The highest BCUT2D eigenvalue weighted by atomic mass is 16.3. The Morgan fingerprint density at radius 2 is 1.29 bits per heavy atom. The average molecular weight is 421 g/mol. The quantitative estimate of drug-likeness (QED) is 0.459. The topological polar surface area (TPSA) is 20.2 Å². The number of fused-ring (bicyclic) bond motifs is 8. The van der Waals surface area contributed by atoms with Gasteiger partial charge in [0.05, 0.1) is 6.10 Å². The Morgan fingerprint density at radius 3 is 1.77 bits per heavy atom. The molecular weight excluding hydrogens is 376 g/mol. The van der Waals surface area contributed by atoms with Gasteiger partial charge < -0.3 is 5.11 Å². The molecule has 7 atom stereocenters. The first kappa shape index (κ1) is 20.8. The van der Waals surface area contributed by atoms with Crippen molar-refractivity contribution in [1.82, 2.24) is 0 Å². The van der Waals surface area contributed by atoms with Crippen LogP contribution in [0, 0.1) is 51.2 Å². The summed E-state index contributed by atoms with van der Waals surface area (Å²) in [7, 11) is 0. The van der Waals surface area contributed by atoms with Crippen LogP contribution in [0.1, 0.15) is 94.4 Å². The van der Waals surface area contributed by atoms with Crippen LogP contribution in [-0.2, 0) is 0 Å². The third-order valence-electron chi connectivity index (χ3n) is 12.8. The molecule has 6 bridgehead atoms. The zero-order valence-corrected chi connectivity index (χ0v) is 21.4. The van der Waals surface area contributed by atoms with E-state index in [1.54, 1.807) is 33.4 Å². The minimum Gasteiger partial charge on any atom is -0.392 e. The highest BCUT2D eigenvalue weighted by Gasteiger charge is 2.67. The third kappa shape index (κ3) is 2.06. The van der Waals surface area contributed by atoms with Crippen LogP contribution in [0.2, 0.25) is 0 Å². The Morgan fingerprint density at radius 1 is 0.710 bits per heavy atom. The highest BCUT2D eigenvalue weighted by Crippen LogP contribution is 2.75. The zero-order chi connectivity index (χ0) is 22.5. The van der Waals surface area contributed by atoms with E-state index in [4.69, 9.17) is 0 Å². The molecular formula is C30H44O. The maximum Gasteiger partial charge on any atom is 0.0653 e. The first-order valence-electron chi connectivity index (χ1n) is 13.1. The fourth-order valence-corrected chi connectivity index (χ4v) is 10.3. The molecule has 0 unspecified atom stereocenters. The van der Waals surface area contributed by atoms with Crippen LogP contribution in [0.3, 0.4) is 0 Å². The van der Waals surface area contributed by atoms with E-state index in [-0.39, 0.29) is 16.9 Å². The SMILES string of the molecule is CC1=C2C[C@@H](C[C@H]1[C@]1([C@H]3C(C)=C4C[C@@H]([C@@H]3O)C4(C)C)C[C@@H]3CC(=C1C)C3(C)C)C2(C)C. The van der Waals surface area contributed by atoms with Gasteiger partial charge in [-0.25, -0.2) is 0 Å². The Bertz CT molecular complexity index is 982. The van der Waals surface area contributed by atoms with Crippen molar-refractivity contribution in [3.63, 3.8) is 0 Å². The van der Waals surface area contributed by atoms with Crippen LogP contribution in [0.5, 0.6) is 0 Å². The van der Waals surface area contributed by atoms with Gasteiger partial charge in [0.1, 0.15) is 0 Å². The van der Waals surface area contributed by atoms with E-state index in [9.17, 15) is 5.11 Å². The van der Waals surface area contributed by atoms with E-state index < -0.39 is 0 Å². The molecule has 0 aromatic carbocycles. The summed E-state index contributed by atoms with van der Waals surface area (Å²) in [6, 6.07) is 0. The van der Waals surface area contributed by atoms with Crippen LogP contribution in [0.15, 0.2) is 33.4 Å². The number of hydrogen-bond donors (Lipinski definition) is 1. The summed E-state index contributed by atoms with van der Waals surface area (Å²) in [5, 5.41) is 12.0. The lowest BCUT2D eigenvalue weighted by Crippen LogP contribution is -2.63. The first-order chi connectivity index (χ1) is 14.3. The molecule has 0 amide bonds. The van der Waals surface area contributed by atoms with Crippen molar-refractivity contribution in [3.8, 4) is 0 Å². The van der Waals surface area contributed by atoms with Crippen molar-refractivity contribution in [2.75, 3.05) is 0 Å². The summed E-state index contributed by atoms with van der Waals surface area (Å²) in [6.45, 7) is 22.1. The smallest absolute Gasteiger partial charge is 0.0653 e. The molecule has 0 radical (unpaired) electrons. The third-order valence-corrected chi connectivity index (χ3v) is 12.8. The number of aliphatic hydroxyl groups excluding tert-OH is 1. The molecule has 0 aromatic rings. The normalized spacial score (nSPS) is 48.2. The molecule has 0 spiro atoms. The van der Waals surface area contributed by atoms with Crippen molar-refractivity contribution in [1.29, 1.82) is 0 Å². The molecule has 1 N–H and O–H groups in total. The number of aliphatic hydroxyl groups is 1. The van der Waals surface area contributed by atoms with Gasteiger partial charge in [-0.15, -0.1) is 0 Å². The summed E-state index contributed by atoms with van der Waals surface area (Å²) in [5.74, 6) is 3.01. The lowest BCUT2D eigenvalue weighted by Gasteiger charge is -2.69. The first-order valence-corrected chi connectivity index (χ1v) is 13.1. The van der Waals surface area contributed by atoms with Crippen LogP contribution < -0.4 is 0 Å². The molecule has 9 rings (SSSR count). The standard InChI is InChI=1S/C30H44O/c1-15-20-10-18(27(20,4)5)11-22(15)30(14-19-12-23(17(30)3)28(19,6)7)25-16(2)21-13-24(26(25)31)29(21,8)9/h18-19,22,24-26,31H,10-14H2,1-9H3/t18-,19-,22+,24-,25-,26-,30-/m0/s1. The maximum absolute atomic E-state index is 12.0. The van der Waals surface area contributed by atoms with Crippen molar-refractivity contribution >= 4 is 0 Å². The van der Waals surface area contributed by atoms with Gasteiger partial charge in [-0.1, -0.05) is 75.0 Å². The second-order valence-electron chi connectivity index (χ2n) is 14.2. The molecule has 9 aliphatic rings. The van der Waals surface area contributed by atoms with E-state index in [1.165, 1.54) is 25.7 Å². The largest absolute Gasteiger partial charge is 0.392 e. The van der Waals surface area contributed by atoms with E-state index in [2.05, 4.69) is 62.3 Å². The van der Waals surface area contributed by atoms with Crippen molar-refractivity contribution in [2.24, 2.45) is 51.2 Å². The summed E-state index contributed by atoms with van der Waals surface area (Å²) in [6.07, 6.45) is 6.21. The molecule has 1 heteroatoms. The Kier molecular flexibility index (Phi) is 3.77. The summed E-state index contributed by atoms with van der Waals surface area (Å²) < 4.78 is 0. The zero-order valence-electron chi connectivity index (χ0n) is 21.4. The van der Waals surface area contributed by atoms with E-state index >= 15 is 0 Å². The molecule has 1 nitrogen and oxygen atoms in total. The van der Waals surface area contributed by atoms with Crippen LogP contribution in [0.4, 0.5) is 0 Å². The fraction of sp³-hybridized carbons (Fsp3) is 0.800. The minimum absolute atomic E-state index is 0.141. The van der Waals surface area contributed by atoms with Gasteiger partial charge >= 0.3 is 0 Å². The second kappa shape index (κ2) is 5.63. The van der Waals surface area contributed by atoms with Gasteiger partial charge in [0.2, 0.25) is 0 Å². The van der Waals surface area contributed by atoms with Gasteiger partial charge in [0, 0.05) is 11.3 Å². The van der Waals surface area contributed by atoms with Crippen molar-refractivity contribution in [3.05, 3.63) is 33.4 Å². The minimum atomic E-state index is -0.187. The summed E-state index contributed by atoms with van der Waals surface area (Å²) in [4.78, 5) is 0. The molecule has 0 aromatic heterocycles. The lowest BCUT2D eigenvalue weighted by atomic mass is 9.35. The Labute approximate surface area is 190 Å². The molecule has 3 fully saturated rings. The number of allylic oxidation sites excluding steroid dienone is 5. The predicted octanol–water partition coefficient (Wildman–Crippen LogP) is 7.47. The Hall–Kier alpha value is -0.820. The number of rotatable bonds is 2. The summed E-state index contributed by atoms with van der Waals surface area (Å²) in [5.41, 5.74) is 11.2. The predicted molar refractivity (Wildman–Crippen MR) is 128 cm³/mol. The van der Waals surface area contributed by atoms with E-state index in [0.717, 1.165) is 18.3 Å². The van der Waals surface area contributed by atoms with Gasteiger partial charge in [-0.2, -0.15) is 0 Å². The van der Waals surface area contributed by atoms with Crippen molar-refractivity contribution < 1.29 is 5.11 Å². The lowest BCUT2D eigenvalue weighted by molar-refractivity contribution is -0.110. The molecule has 31 heavy (non-hydrogen) atoms. The summed E-state index contributed by atoms with van der Waals surface area (Å²) >= 11 is 0. The molecule has 0 heterocycles. The maximum atomic E-state index is 12.0. The van der Waals surface area contributed by atoms with E-state index in [0.29, 0.717) is 28.6 Å². The van der Waals surface area contributed by atoms with E-state index in [1.807, 2.05) is 0 Å². The highest BCUT2D eigenvalue weighted by molar-refractivity contribution is 5.49. The molecule has 9 aliphatic carbocycles. The van der Waals surface area contributed by atoms with Crippen LogP contribution in [0.25, 0.3) is 0 Å². The molecule has 0 saturated heterocycles. The van der Waals surface area contributed by atoms with Gasteiger partial charge in [-0.3, -0.25) is 0 Å². The second-order valence-corrected chi connectivity index (χ2v) is 14.2. The van der Waals surface area contributed by atoms with Gasteiger partial charge in [0.25, 0.3) is 0 Å². The van der Waals surface area contributed by atoms with Crippen LogP contribution >= 0.6 is 0 Å². The average Bonchev–Trinajstić information content (AvgIpc) is 2.67. The number of hydrogen-bond acceptors (Lipinski definition) is 1. The Balaban J connectivity index is 1.57. The molecule has 170 valence electrons. The monoisotopic (exact) mass is 420 g/mol. The van der Waals surface area contributed by atoms with Gasteiger partial charge in [0.15, 0.2) is 0 Å². The molecule has 3 saturated carbocycles. The fourth-order valence-electron chi connectivity index (χ4n) is 10.3. The van der Waals surface area contributed by atoms with Crippen molar-refractivity contribution in [2.45, 2.75) is 101 Å². The van der Waals surface area contributed by atoms with Crippen LogP contribution in [-0.4, -0.2) is 11.2 Å².